The van der Waals surface area contributed by atoms with Gasteiger partial charge in [0.25, 0.3) is 5.91 Å². The first-order valence-corrected chi connectivity index (χ1v) is 7.70. The molecule has 0 aromatic heterocycles. The normalized spacial score (nSPS) is 13.9. The number of nitrogens with one attached hydrogen (secondary N) is 2. The number of hydrogen-bond acceptors (Lipinski definition) is 6. The molecule has 0 radical (unpaired) electrons. The highest BCUT2D eigenvalue weighted by atomic mass is 16.7. The van der Waals surface area contributed by atoms with Crippen LogP contribution in [0.4, 0.5) is 5.69 Å². The van der Waals surface area contributed by atoms with E-state index in [0.717, 1.165) is 0 Å². The highest BCUT2D eigenvalue weighted by Crippen LogP contribution is 2.34. The van der Waals surface area contributed by atoms with E-state index < -0.39 is 17.9 Å². The van der Waals surface area contributed by atoms with Crippen LogP contribution in [0.15, 0.2) is 30.0 Å². The van der Waals surface area contributed by atoms with Gasteiger partial charge in [0.1, 0.15) is 17.7 Å². The van der Waals surface area contributed by atoms with Crippen molar-refractivity contribution in [3.05, 3.63) is 30.0 Å². The first-order valence-electron chi connectivity index (χ1n) is 7.70. The number of carboxylic acid groups (broad SMARTS) is 1. The van der Waals surface area contributed by atoms with Gasteiger partial charge in [-0.2, -0.15) is 5.26 Å². The van der Waals surface area contributed by atoms with Gasteiger partial charge in [-0.05, 0) is 24.5 Å². The van der Waals surface area contributed by atoms with Crippen LogP contribution in [0.1, 0.15) is 20.3 Å². The number of rotatable bonds is 7. The summed E-state index contributed by atoms with van der Waals surface area (Å²) in [6.45, 7) is 3.85. The van der Waals surface area contributed by atoms with Gasteiger partial charge < -0.3 is 25.2 Å². The number of hydrogen-bond donors (Lipinski definition) is 3. The number of carbonyl (C=O) groups excluding carboxylic acids is 1. The average Bonchev–Trinajstić information content (AvgIpc) is 3.02. The van der Waals surface area contributed by atoms with Crippen LogP contribution in [0.3, 0.4) is 0 Å². The van der Waals surface area contributed by atoms with E-state index in [4.69, 9.17) is 19.8 Å². The molecule has 0 bridgehead atoms. The maximum atomic E-state index is 12.1. The van der Waals surface area contributed by atoms with Crippen molar-refractivity contribution in [2.24, 2.45) is 5.92 Å². The summed E-state index contributed by atoms with van der Waals surface area (Å²) in [5.74, 6) is -0.621. The molecule has 0 saturated carbocycles. The minimum atomic E-state index is -1.14. The molecule has 1 aromatic carbocycles. The van der Waals surface area contributed by atoms with Crippen LogP contribution in [-0.4, -0.2) is 29.8 Å². The van der Waals surface area contributed by atoms with Crippen LogP contribution in [0, 0.1) is 17.2 Å². The first kappa shape index (κ1) is 18.1. The molecule has 1 unspecified atom stereocenters. The van der Waals surface area contributed by atoms with Crippen LogP contribution < -0.4 is 20.1 Å². The number of carboxylic acids is 1. The Hall–Kier alpha value is -3.21. The predicted octanol–water partition coefficient (Wildman–Crippen LogP) is 1.85. The van der Waals surface area contributed by atoms with Crippen LogP contribution in [0.25, 0.3) is 0 Å². The number of carbonyl (C=O) groups is 2. The average molecular weight is 345 g/mol. The Bertz CT molecular complexity index is 736. The van der Waals surface area contributed by atoms with Gasteiger partial charge in [0.05, 0.1) is 0 Å². The number of nitriles is 1. The molecule has 0 saturated heterocycles. The molecule has 0 fully saturated rings. The van der Waals surface area contributed by atoms with Crippen molar-refractivity contribution in [2.75, 3.05) is 12.1 Å². The SMILES string of the molecule is CC(C)CC(NC(=O)/C(C#N)=C\Nc1ccc2c(c1)OCO2)C(=O)O. The number of nitrogens with zero attached hydrogens (tertiary/aromatic N) is 1. The third kappa shape index (κ3) is 4.88. The summed E-state index contributed by atoms with van der Waals surface area (Å²) < 4.78 is 10.4. The largest absolute Gasteiger partial charge is 0.480 e. The highest BCUT2D eigenvalue weighted by molar-refractivity contribution is 5.99. The molecule has 1 aromatic rings. The second-order valence-electron chi connectivity index (χ2n) is 5.88. The number of anilines is 1. The molecule has 1 atom stereocenters. The second-order valence-corrected chi connectivity index (χ2v) is 5.88. The molecule has 1 amide bonds. The highest BCUT2D eigenvalue weighted by Gasteiger charge is 2.22. The summed E-state index contributed by atoms with van der Waals surface area (Å²) in [5.41, 5.74) is 0.370. The number of aliphatic carboxylic acids is 1. The molecule has 0 aliphatic carbocycles. The number of amides is 1. The van der Waals surface area contributed by atoms with Crippen molar-refractivity contribution in [1.29, 1.82) is 5.26 Å². The molecular formula is C17H19N3O5. The fourth-order valence-electron chi connectivity index (χ4n) is 2.22. The lowest BCUT2D eigenvalue weighted by atomic mass is 10.0. The van der Waals surface area contributed by atoms with E-state index in [1.165, 1.54) is 6.20 Å². The standard InChI is InChI=1S/C17H19N3O5/c1-10(2)5-13(17(22)23)20-16(21)11(7-18)8-19-12-3-4-14-15(6-12)25-9-24-14/h3-4,6,8,10,13,19H,5,9H2,1-2H3,(H,20,21)(H,22,23)/b11-8-. The Morgan fingerprint density at radius 1 is 1.36 bits per heavy atom. The van der Waals surface area contributed by atoms with Crippen molar-refractivity contribution in [3.63, 3.8) is 0 Å². The van der Waals surface area contributed by atoms with Crippen molar-refractivity contribution in [1.82, 2.24) is 5.32 Å². The van der Waals surface area contributed by atoms with Crippen LogP contribution in [0.2, 0.25) is 0 Å². The lowest BCUT2D eigenvalue weighted by Gasteiger charge is -2.16. The molecule has 1 aliphatic heterocycles. The van der Waals surface area contributed by atoms with Crippen LogP contribution in [-0.2, 0) is 9.59 Å². The first-order chi connectivity index (χ1) is 11.9. The molecule has 132 valence electrons. The monoisotopic (exact) mass is 345 g/mol. The Kier molecular flexibility index (Phi) is 5.84. The van der Waals surface area contributed by atoms with Crippen molar-refractivity contribution in [3.8, 4) is 17.6 Å². The Balaban J connectivity index is 2.04. The number of fused-ring (bicyclic) bond motifs is 1. The van der Waals surface area contributed by atoms with Gasteiger partial charge in [-0.3, -0.25) is 4.79 Å². The lowest BCUT2D eigenvalue weighted by Crippen LogP contribution is -2.42. The summed E-state index contributed by atoms with van der Waals surface area (Å²) in [5, 5.41) is 23.5. The fraction of sp³-hybridized carbons (Fsp3) is 0.353. The van der Waals surface area contributed by atoms with Gasteiger partial charge in [-0.15, -0.1) is 0 Å². The third-order valence-electron chi connectivity index (χ3n) is 3.43. The molecule has 3 N–H and O–H groups in total. The zero-order valence-corrected chi connectivity index (χ0v) is 13.9. The third-order valence-corrected chi connectivity index (χ3v) is 3.43. The van der Waals surface area contributed by atoms with Crippen molar-refractivity contribution < 1.29 is 24.2 Å². The Morgan fingerprint density at radius 2 is 2.08 bits per heavy atom. The van der Waals surface area contributed by atoms with Crippen LogP contribution in [0.5, 0.6) is 11.5 Å². The predicted molar refractivity (Wildman–Crippen MR) is 88.9 cm³/mol. The topological polar surface area (TPSA) is 121 Å². The summed E-state index contributed by atoms with van der Waals surface area (Å²) in [6, 6.07) is 5.79. The van der Waals surface area contributed by atoms with E-state index in [9.17, 15) is 9.59 Å². The summed E-state index contributed by atoms with van der Waals surface area (Å²) >= 11 is 0. The number of benzene rings is 1. The zero-order chi connectivity index (χ0) is 18.4. The lowest BCUT2D eigenvalue weighted by molar-refractivity contribution is -0.141. The van der Waals surface area contributed by atoms with Gasteiger partial charge in [0.2, 0.25) is 6.79 Å². The molecule has 8 heteroatoms. The molecular weight excluding hydrogens is 326 g/mol. The van der Waals surface area contributed by atoms with Gasteiger partial charge in [-0.25, -0.2) is 4.79 Å². The van der Waals surface area contributed by atoms with E-state index in [-0.39, 0.29) is 24.7 Å². The fourth-order valence-corrected chi connectivity index (χ4v) is 2.22. The Labute approximate surface area is 145 Å². The van der Waals surface area contributed by atoms with Crippen molar-refractivity contribution >= 4 is 17.6 Å². The number of ether oxygens (including phenoxy) is 2. The van der Waals surface area contributed by atoms with Gasteiger partial charge in [0, 0.05) is 18.0 Å². The van der Waals surface area contributed by atoms with E-state index in [2.05, 4.69) is 10.6 Å². The Morgan fingerprint density at radius 3 is 2.72 bits per heavy atom. The second kappa shape index (κ2) is 8.06. The summed E-state index contributed by atoms with van der Waals surface area (Å²) in [4.78, 5) is 23.3. The van der Waals surface area contributed by atoms with Gasteiger partial charge >= 0.3 is 5.97 Å². The van der Waals surface area contributed by atoms with Gasteiger partial charge in [-0.1, -0.05) is 13.8 Å². The smallest absolute Gasteiger partial charge is 0.326 e. The zero-order valence-electron chi connectivity index (χ0n) is 13.9. The molecule has 1 aliphatic rings. The maximum absolute atomic E-state index is 12.1. The summed E-state index contributed by atoms with van der Waals surface area (Å²) in [6.07, 6.45) is 1.50. The van der Waals surface area contributed by atoms with E-state index in [0.29, 0.717) is 17.2 Å². The van der Waals surface area contributed by atoms with Crippen molar-refractivity contribution in [2.45, 2.75) is 26.3 Å². The minimum absolute atomic E-state index is 0.0858. The molecule has 25 heavy (non-hydrogen) atoms. The molecule has 2 rings (SSSR count). The minimum Gasteiger partial charge on any atom is -0.480 e. The van der Waals surface area contributed by atoms with Gasteiger partial charge in [0.15, 0.2) is 11.5 Å². The molecule has 8 nitrogen and oxygen atoms in total. The van der Waals surface area contributed by atoms with E-state index in [1.807, 2.05) is 13.8 Å². The van der Waals surface area contributed by atoms with E-state index >= 15 is 0 Å². The quantitative estimate of drug-likeness (QED) is 0.509. The molecule has 1 heterocycles. The maximum Gasteiger partial charge on any atom is 0.326 e. The summed E-state index contributed by atoms with van der Waals surface area (Å²) in [7, 11) is 0. The molecule has 0 spiro atoms. The van der Waals surface area contributed by atoms with Crippen LogP contribution >= 0.6 is 0 Å². The van der Waals surface area contributed by atoms with E-state index in [1.54, 1.807) is 24.3 Å².